The van der Waals surface area contributed by atoms with Gasteiger partial charge in [0, 0.05) is 19.4 Å². The molecule has 0 spiro atoms. The summed E-state index contributed by atoms with van der Waals surface area (Å²) in [5.74, 6) is -0.982. The number of carbonyl (C=O) groups is 2. The Hall–Kier alpha value is -2.59. The smallest absolute Gasteiger partial charge is 0.462 e. The summed E-state index contributed by atoms with van der Waals surface area (Å²) in [5.41, 5.74) is 5.33. The van der Waals surface area contributed by atoms with E-state index in [2.05, 4.69) is 50.3 Å². The van der Waals surface area contributed by atoms with E-state index < -0.39 is 38.6 Å². The molecule has 4 N–H and O–H groups in total. The topological polar surface area (TPSA) is 155 Å². The fraction of sp³-hybridized carbons (Fsp3) is 0.674. The first-order valence-corrected chi connectivity index (χ1v) is 22.0. The van der Waals surface area contributed by atoms with Crippen molar-refractivity contribution in [1.82, 2.24) is 0 Å². The van der Waals surface area contributed by atoms with E-state index in [9.17, 15) is 24.2 Å². The minimum Gasteiger partial charge on any atom is -0.462 e. The molecule has 0 aromatic heterocycles. The Bertz CT molecular complexity index is 1130. The zero-order valence-electron chi connectivity index (χ0n) is 33.5. The van der Waals surface area contributed by atoms with E-state index in [0.29, 0.717) is 25.7 Å². The first-order chi connectivity index (χ1) is 26.2. The van der Waals surface area contributed by atoms with Gasteiger partial charge in [-0.15, -0.1) is 0 Å². The average Bonchev–Trinajstić information content (AvgIpc) is 3.15. The number of aliphatic hydroxyl groups is 1. The number of carbonyl (C=O) groups excluding carboxylic acids is 2. The van der Waals surface area contributed by atoms with Crippen LogP contribution in [0.25, 0.3) is 0 Å². The lowest BCUT2D eigenvalue weighted by Crippen LogP contribution is -2.29. The lowest BCUT2D eigenvalue weighted by molar-refractivity contribution is -0.161. The number of aliphatic hydroxyl groups excluding tert-OH is 1. The molecule has 3 unspecified atom stereocenters. The van der Waals surface area contributed by atoms with Gasteiger partial charge in [0.15, 0.2) is 6.10 Å². The number of unbranched alkanes of at least 4 members (excludes halogenated alkanes) is 12. The molecule has 3 atom stereocenters. The lowest BCUT2D eigenvalue weighted by atomic mass is 10.1. The number of rotatable bonds is 37. The number of allylic oxidation sites excluding steroid dienone is 10. The number of phosphoric ester groups is 1. The highest BCUT2D eigenvalue weighted by Gasteiger charge is 2.25. The summed E-state index contributed by atoms with van der Waals surface area (Å²) in [6, 6.07) is 0. The monoisotopic (exact) mass is 780 g/mol. The summed E-state index contributed by atoms with van der Waals surface area (Å²) in [7, 11) is -4.42. The second-order valence-electron chi connectivity index (χ2n) is 13.3. The van der Waals surface area contributed by atoms with Crippen molar-refractivity contribution >= 4 is 19.8 Å². The molecule has 0 bridgehead atoms. The SMILES string of the molecule is CC/C=C\C/C=C\C/C=C\C=C\C(O)C/C=C\CCCC(=O)OC(COC(=O)CCCCCCC/C=C\CCCCCCCC)COP(=O)(O)OCCN. The van der Waals surface area contributed by atoms with Gasteiger partial charge in [-0.05, 0) is 70.6 Å². The van der Waals surface area contributed by atoms with E-state index in [1.807, 2.05) is 30.4 Å². The van der Waals surface area contributed by atoms with Gasteiger partial charge in [-0.3, -0.25) is 18.6 Å². The fourth-order valence-corrected chi connectivity index (χ4v) is 5.87. The van der Waals surface area contributed by atoms with Crippen LogP contribution < -0.4 is 5.73 Å². The molecule has 0 heterocycles. The highest BCUT2D eigenvalue weighted by Crippen LogP contribution is 2.43. The van der Waals surface area contributed by atoms with Gasteiger partial charge in [0.05, 0.1) is 19.3 Å². The Kier molecular flexibility index (Phi) is 36.8. The second kappa shape index (κ2) is 38.7. The molecule has 54 heavy (non-hydrogen) atoms. The highest BCUT2D eigenvalue weighted by atomic mass is 31.2. The first-order valence-electron chi connectivity index (χ1n) is 20.5. The van der Waals surface area contributed by atoms with E-state index in [4.69, 9.17) is 24.3 Å². The van der Waals surface area contributed by atoms with E-state index in [-0.39, 0.29) is 32.6 Å². The molecule has 0 aromatic carbocycles. The normalized spacial score (nSPS) is 14.7. The Morgan fingerprint density at radius 3 is 1.94 bits per heavy atom. The maximum Gasteiger partial charge on any atom is 0.472 e. The number of ether oxygens (including phenoxy) is 2. The summed E-state index contributed by atoms with van der Waals surface area (Å²) in [6.45, 7) is 3.40. The summed E-state index contributed by atoms with van der Waals surface area (Å²) < 4.78 is 32.6. The summed E-state index contributed by atoms with van der Waals surface area (Å²) in [4.78, 5) is 34.8. The highest BCUT2D eigenvalue weighted by molar-refractivity contribution is 7.47. The Balaban J connectivity index is 4.40. The second-order valence-corrected chi connectivity index (χ2v) is 14.8. The molecule has 0 aromatic rings. The van der Waals surface area contributed by atoms with Gasteiger partial charge < -0.3 is 25.2 Å². The zero-order chi connectivity index (χ0) is 39.8. The van der Waals surface area contributed by atoms with Crippen molar-refractivity contribution in [2.24, 2.45) is 5.73 Å². The molecule has 0 saturated carbocycles. The first kappa shape index (κ1) is 51.4. The molecule has 0 radical (unpaired) electrons. The third kappa shape index (κ3) is 37.7. The van der Waals surface area contributed by atoms with E-state index in [1.165, 1.54) is 44.9 Å². The predicted molar refractivity (Wildman–Crippen MR) is 221 cm³/mol. The van der Waals surface area contributed by atoms with Crippen LogP contribution in [0.15, 0.2) is 72.9 Å². The van der Waals surface area contributed by atoms with Crippen LogP contribution in [0.2, 0.25) is 0 Å². The predicted octanol–water partition coefficient (Wildman–Crippen LogP) is 10.5. The van der Waals surface area contributed by atoms with Crippen LogP contribution in [0.4, 0.5) is 0 Å². The van der Waals surface area contributed by atoms with Gasteiger partial charge in [0.25, 0.3) is 0 Å². The Morgan fingerprint density at radius 2 is 1.26 bits per heavy atom. The van der Waals surface area contributed by atoms with Gasteiger partial charge in [-0.25, -0.2) is 4.57 Å². The van der Waals surface area contributed by atoms with Gasteiger partial charge in [-0.1, -0.05) is 138 Å². The van der Waals surface area contributed by atoms with Crippen molar-refractivity contribution < 1.29 is 42.7 Å². The molecule has 310 valence electrons. The zero-order valence-corrected chi connectivity index (χ0v) is 34.4. The maximum absolute atomic E-state index is 12.5. The van der Waals surface area contributed by atoms with Crippen LogP contribution >= 0.6 is 7.82 Å². The van der Waals surface area contributed by atoms with Crippen LogP contribution in [0, 0.1) is 0 Å². The number of nitrogens with two attached hydrogens (primary N) is 1. The van der Waals surface area contributed by atoms with Gasteiger partial charge in [0.1, 0.15) is 6.61 Å². The summed E-state index contributed by atoms with van der Waals surface area (Å²) >= 11 is 0. The molecule has 0 saturated heterocycles. The number of hydrogen-bond donors (Lipinski definition) is 3. The molecule has 10 nitrogen and oxygen atoms in total. The third-order valence-electron chi connectivity index (χ3n) is 8.16. The molecule has 0 aliphatic carbocycles. The summed E-state index contributed by atoms with van der Waals surface area (Å²) in [6.07, 6.45) is 42.5. The van der Waals surface area contributed by atoms with Crippen LogP contribution in [0.3, 0.4) is 0 Å². The Labute approximate surface area is 327 Å². The number of hydrogen-bond acceptors (Lipinski definition) is 9. The van der Waals surface area contributed by atoms with Crippen molar-refractivity contribution in [1.29, 1.82) is 0 Å². The van der Waals surface area contributed by atoms with Crippen LogP contribution in [-0.2, 0) is 32.7 Å². The third-order valence-corrected chi connectivity index (χ3v) is 9.14. The largest absolute Gasteiger partial charge is 0.472 e. The van der Waals surface area contributed by atoms with Crippen molar-refractivity contribution in [2.75, 3.05) is 26.4 Å². The average molecular weight is 780 g/mol. The van der Waals surface area contributed by atoms with Crippen molar-refractivity contribution in [2.45, 2.75) is 161 Å². The van der Waals surface area contributed by atoms with E-state index >= 15 is 0 Å². The number of phosphoric acid groups is 1. The van der Waals surface area contributed by atoms with E-state index in [0.717, 1.165) is 51.4 Å². The molecular formula is C43H74NO9P. The Morgan fingerprint density at radius 1 is 0.667 bits per heavy atom. The van der Waals surface area contributed by atoms with Crippen LogP contribution in [0.5, 0.6) is 0 Å². The van der Waals surface area contributed by atoms with Crippen molar-refractivity contribution in [3.05, 3.63) is 72.9 Å². The maximum atomic E-state index is 12.5. The van der Waals surface area contributed by atoms with Gasteiger partial charge in [-0.2, -0.15) is 0 Å². The molecule has 0 aliphatic rings. The van der Waals surface area contributed by atoms with E-state index in [1.54, 1.807) is 6.08 Å². The molecule has 0 aliphatic heterocycles. The van der Waals surface area contributed by atoms with Crippen molar-refractivity contribution in [3.8, 4) is 0 Å². The standard InChI is InChI=1S/C43H74NO9P/c1-3-5-7-9-11-13-15-16-17-18-19-21-23-25-30-34-42(46)50-38-41(39-52-54(48,49)51-37-36-44)53-43(47)35-31-27-26-29-33-40(45)32-28-24-22-20-14-12-10-8-6-4-2/h6,8,12,14,16-17,22,24,26,28-29,32,40-41,45H,3-5,7,9-11,13,15,18-21,23,25,27,30-31,33-39,44H2,1-2H3,(H,48,49)/b8-6-,14-12-,17-16-,24-22-,29-26-,32-28+. The minimum absolute atomic E-state index is 0.0254. The van der Waals surface area contributed by atoms with Gasteiger partial charge in [0.2, 0.25) is 0 Å². The van der Waals surface area contributed by atoms with Crippen LogP contribution in [-0.4, -0.2) is 60.5 Å². The molecule has 0 amide bonds. The molecule has 0 fully saturated rings. The van der Waals surface area contributed by atoms with Crippen molar-refractivity contribution in [3.63, 3.8) is 0 Å². The lowest BCUT2D eigenvalue weighted by Gasteiger charge is -2.19. The van der Waals surface area contributed by atoms with Crippen LogP contribution in [0.1, 0.15) is 149 Å². The molecule has 11 heteroatoms. The molecular weight excluding hydrogens is 705 g/mol. The summed E-state index contributed by atoms with van der Waals surface area (Å²) in [5, 5.41) is 10.1. The van der Waals surface area contributed by atoms with Gasteiger partial charge >= 0.3 is 19.8 Å². The fourth-order valence-electron chi connectivity index (χ4n) is 5.10. The number of esters is 2. The minimum atomic E-state index is -4.42. The quantitative estimate of drug-likeness (QED) is 0.0182. The molecule has 0 rings (SSSR count).